The molecule has 0 spiro atoms. The van der Waals surface area contributed by atoms with Crippen molar-refractivity contribution >= 4 is 20.0 Å². The van der Waals surface area contributed by atoms with Crippen LogP contribution in [-0.2, 0) is 18.7 Å². The van der Waals surface area contributed by atoms with Gasteiger partial charge in [0.15, 0.2) is 0 Å². The number of amides is 2. The second kappa shape index (κ2) is 4.98. The Balaban J connectivity index is 2.51. The summed E-state index contributed by atoms with van der Waals surface area (Å²) in [6, 6.07) is 0. The third-order valence-electron chi connectivity index (χ3n) is 1.71. The van der Waals surface area contributed by atoms with Crippen LogP contribution in [0.15, 0.2) is 12.2 Å². The van der Waals surface area contributed by atoms with Gasteiger partial charge in [-0.3, -0.25) is 9.59 Å². The quantitative estimate of drug-likeness (QED) is 0.404. The van der Waals surface area contributed by atoms with Crippen molar-refractivity contribution in [1.29, 1.82) is 0 Å². The Bertz CT molecular complexity index is 284. The van der Waals surface area contributed by atoms with Gasteiger partial charge in [0.25, 0.3) is 11.8 Å². The van der Waals surface area contributed by atoms with Gasteiger partial charge >= 0.3 is 8.18 Å². The summed E-state index contributed by atoms with van der Waals surface area (Å²) in [4.78, 5) is 22.2. The Labute approximate surface area is 82.6 Å². The van der Waals surface area contributed by atoms with Gasteiger partial charge in [-0.25, -0.2) is 0 Å². The van der Waals surface area contributed by atoms with Gasteiger partial charge in [-0.15, -0.1) is 4.52 Å². The Morgan fingerprint density at radius 1 is 1.43 bits per heavy atom. The molecule has 0 aromatic heterocycles. The molecular formula is C8H11NO4P+. The normalized spacial score (nSPS) is 18.4. The molecule has 1 fully saturated rings. The summed E-state index contributed by atoms with van der Waals surface area (Å²) in [6.45, 7) is 1.94. The molecule has 0 saturated carbocycles. The topological polar surface area (TPSA) is 63.7 Å². The van der Waals surface area contributed by atoms with Crippen LogP contribution in [0.2, 0.25) is 0 Å². The molecule has 1 unspecified atom stereocenters. The van der Waals surface area contributed by atoms with E-state index in [1.54, 1.807) is 19.1 Å². The maximum absolute atomic E-state index is 11.3. The molecule has 1 heterocycles. The van der Waals surface area contributed by atoms with Gasteiger partial charge in [0, 0.05) is 12.8 Å². The zero-order valence-electron chi connectivity index (χ0n) is 7.80. The average Bonchev–Trinajstić information content (AvgIpc) is 2.46. The first-order valence-electron chi connectivity index (χ1n) is 4.24. The first-order valence-corrected chi connectivity index (χ1v) is 5.37. The number of carbonyl (C=O) groups excluding carboxylic acids is 2. The van der Waals surface area contributed by atoms with E-state index in [2.05, 4.69) is 0 Å². The summed E-state index contributed by atoms with van der Waals surface area (Å²) in [7, 11) is -2.34. The van der Waals surface area contributed by atoms with Gasteiger partial charge in [-0.2, -0.15) is 0 Å². The Kier molecular flexibility index (Phi) is 3.92. The highest BCUT2D eigenvalue weighted by Crippen LogP contribution is 2.33. The van der Waals surface area contributed by atoms with Crippen LogP contribution in [-0.4, -0.2) is 23.1 Å². The molecule has 0 N–H and O–H groups in total. The van der Waals surface area contributed by atoms with Crippen molar-refractivity contribution in [1.82, 2.24) is 4.67 Å². The number of hydrogen-bond donors (Lipinski definition) is 0. The predicted molar refractivity (Wildman–Crippen MR) is 49.5 cm³/mol. The van der Waals surface area contributed by atoms with Crippen LogP contribution < -0.4 is 0 Å². The van der Waals surface area contributed by atoms with E-state index in [4.69, 9.17) is 4.52 Å². The molecule has 14 heavy (non-hydrogen) atoms. The molecule has 6 heteroatoms. The zero-order valence-corrected chi connectivity index (χ0v) is 8.70. The fraction of sp³-hybridized carbons (Fsp3) is 0.500. The first-order chi connectivity index (χ1) is 6.66. The summed E-state index contributed by atoms with van der Waals surface area (Å²) < 4.78 is 16.8. The van der Waals surface area contributed by atoms with Gasteiger partial charge in [-0.1, -0.05) is 12.2 Å². The number of carbonyl (C=O) groups is 2. The number of nitrogens with zero attached hydrogens (tertiary/aromatic N) is 1. The lowest BCUT2D eigenvalue weighted by Gasteiger charge is -1.96. The van der Waals surface area contributed by atoms with E-state index in [0.717, 1.165) is 0 Å². The molecule has 0 bridgehead atoms. The van der Waals surface area contributed by atoms with Crippen molar-refractivity contribution < 1.29 is 18.7 Å². The SMILES string of the molecule is C/C=C/CO[P+](=O)N1C(=O)CCC1=O. The number of imide groups is 1. The van der Waals surface area contributed by atoms with Crippen LogP contribution in [0.25, 0.3) is 0 Å². The largest absolute Gasteiger partial charge is 0.656 e. The molecule has 1 aliphatic rings. The highest BCUT2D eigenvalue weighted by atomic mass is 31.1. The maximum Gasteiger partial charge on any atom is 0.656 e. The molecule has 5 nitrogen and oxygen atoms in total. The summed E-state index contributed by atoms with van der Waals surface area (Å²) in [5, 5.41) is 0. The van der Waals surface area contributed by atoms with Gasteiger partial charge in [0.1, 0.15) is 6.61 Å². The first kappa shape index (κ1) is 11.0. The van der Waals surface area contributed by atoms with Gasteiger partial charge < -0.3 is 0 Å². The van der Waals surface area contributed by atoms with Gasteiger partial charge in [0.05, 0.1) is 0 Å². The molecule has 2 amide bonds. The lowest BCUT2D eigenvalue weighted by molar-refractivity contribution is -0.132. The molecule has 1 aliphatic heterocycles. The third-order valence-corrected chi connectivity index (χ3v) is 2.85. The van der Waals surface area contributed by atoms with Gasteiger partial charge in [-0.05, 0) is 16.2 Å². The van der Waals surface area contributed by atoms with Crippen LogP contribution in [0.4, 0.5) is 0 Å². The third kappa shape index (κ3) is 2.47. The van der Waals surface area contributed by atoms with Crippen LogP contribution in [0, 0.1) is 0 Å². The van der Waals surface area contributed by atoms with Crippen molar-refractivity contribution in [2.45, 2.75) is 19.8 Å². The van der Waals surface area contributed by atoms with Crippen LogP contribution >= 0.6 is 8.18 Å². The Morgan fingerprint density at radius 3 is 2.50 bits per heavy atom. The monoisotopic (exact) mass is 216 g/mol. The van der Waals surface area contributed by atoms with Crippen molar-refractivity contribution in [3.63, 3.8) is 0 Å². The van der Waals surface area contributed by atoms with E-state index in [-0.39, 0.29) is 19.4 Å². The van der Waals surface area contributed by atoms with E-state index >= 15 is 0 Å². The van der Waals surface area contributed by atoms with Crippen molar-refractivity contribution in [2.75, 3.05) is 6.61 Å². The second-order valence-electron chi connectivity index (χ2n) is 2.70. The lowest BCUT2D eigenvalue weighted by Crippen LogP contribution is -2.21. The van der Waals surface area contributed by atoms with Crippen LogP contribution in [0.5, 0.6) is 0 Å². The molecule has 1 atom stereocenters. The minimum Gasteiger partial charge on any atom is -0.270 e. The average molecular weight is 216 g/mol. The molecule has 0 aliphatic carbocycles. The summed E-state index contributed by atoms with van der Waals surface area (Å²) in [5.74, 6) is -0.840. The smallest absolute Gasteiger partial charge is 0.270 e. The van der Waals surface area contributed by atoms with Crippen molar-refractivity contribution in [3.8, 4) is 0 Å². The lowest BCUT2D eigenvalue weighted by atomic mass is 10.4. The van der Waals surface area contributed by atoms with E-state index in [0.29, 0.717) is 4.67 Å². The minimum absolute atomic E-state index is 0.132. The number of allylic oxidation sites excluding steroid dienone is 1. The molecule has 1 rings (SSSR count). The molecule has 1 saturated heterocycles. The van der Waals surface area contributed by atoms with Gasteiger partial charge in [0.2, 0.25) is 0 Å². The molecule has 0 radical (unpaired) electrons. The summed E-state index contributed by atoms with van der Waals surface area (Å²) >= 11 is 0. The van der Waals surface area contributed by atoms with E-state index < -0.39 is 20.0 Å². The van der Waals surface area contributed by atoms with Crippen LogP contribution in [0.1, 0.15) is 19.8 Å². The Hall–Kier alpha value is -1.06. The van der Waals surface area contributed by atoms with Crippen LogP contribution in [0.3, 0.4) is 0 Å². The van der Waals surface area contributed by atoms with E-state index in [1.165, 1.54) is 0 Å². The van der Waals surface area contributed by atoms with E-state index in [9.17, 15) is 14.2 Å². The second-order valence-corrected chi connectivity index (χ2v) is 3.84. The molecule has 76 valence electrons. The summed E-state index contributed by atoms with van der Waals surface area (Å²) in [5.41, 5.74) is 0. The minimum atomic E-state index is -2.34. The maximum atomic E-state index is 11.3. The zero-order chi connectivity index (χ0) is 10.6. The molecular weight excluding hydrogens is 205 g/mol. The van der Waals surface area contributed by atoms with E-state index in [1.807, 2.05) is 0 Å². The highest BCUT2D eigenvalue weighted by Gasteiger charge is 2.45. The highest BCUT2D eigenvalue weighted by molar-refractivity contribution is 7.38. The molecule has 0 aromatic carbocycles. The standard InChI is InChI=1S/C8H11NO4P/c1-2-3-6-13-14(12)9-7(10)4-5-8(9)11/h2-3H,4-6H2,1H3/q+1/b3-2+. The van der Waals surface area contributed by atoms with Crippen molar-refractivity contribution in [3.05, 3.63) is 12.2 Å². The Morgan fingerprint density at radius 2 is 2.00 bits per heavy atom. The molecule has 0 aromatic rings. The fourth-order valence-corrected chi connectivity index (χ4v) is 1.90. The van der Waals surface area contributed by atoms with Crippen molar-refractivity contribution in [2.24, 2.45) is 0 Å². The predicted octanol–water partition coefficient (Wildman–Crippen LogP) is 1.39. The summed E-state index contributed by atoms with van der Waals surface area (Å²) in [6.07, 6.45) is 3.65. The number of hydrogen-bond acceptors (Lipinski definition) is 4. The number of rotatable bonds is 4. The fourth-order valence-electron chi connectivity index (χ4n) is 1.01.